The summed E-state index contributed by atoms with van der Waals surface area (Å²) in [6, 6.07) is 0.558. The molecule has 2 heterocycles. The molecule has 0 bridgehead atoms. The topological polar surface area (TPSA) is 36.9 Å². The molecule has 0 aromatic rings. The first kappa shape index (κ1) is 9.77. The van der Waals surface area contributed by atoms with Crippen LogP contribution in [0.25, 0.3) is 0 Å². The summed E-state index contributed by atoms with van der Waals surface area (Å²) in [5, 5.41) is 3.50. The first-order valence-electron chi connectivity index (χ1n) is 5.46. The lowest BCUT2D eigenvalue weighted by Crippen LogP contribution is -2.48. The fraction of sp³-hybridized carbons (Fsp3) is 0.900. The summed E-state index contributed by atoms with van der Waals surface area (Å²) in [5.74, 6) is 1.07. The van der Waals surface area contributed by atoms with Crippen molar-refractivity contribution in [1.82, 2.24) is 10.2 Å². The van der Waals surface area contributed by atoms with Gasteiger partial charge in [0.2, 0.25) is 0 Å². The number of guanidine groups is 1. The van der Waals surface area contributed by atoms with Crippen molar-refractivity contribution >= 4 is 5.96 Å². The molecule has 0 aromatic heterocycles. The van der Waals surface area contributed by atoms with Gasteiger partial charge in [-0.2, -0.15) is 0 Å². The van der Waals surface area contributed by atoms with E-state index in [0.29, 0.717) is 6.04 Å². The van der Waals surface area contributed by atoms with E-state index in [-0.39, 0.29) is 0 Å². The summed E-state index contributed by atoms with van der Waals surface area (Å²) in [6.07, 6.45) is 3.38. The molecule has 0 aromatic carbocycles. The second kappa shape index (κ2) is 4.64. The minimum atomic E-state index is 0.558. The second-order valence-corrected chi connectivity index (χ2v) is 4.01. The number of aliphatic imine (C=N–C) groups is 1. The van der Waals surface area contributed by atoms with Gasteiger partial charge in [0, 0.05) is 39.4 Å². The zero-order valence-corrected chi connectivity index (χ0v) is 8.83. The Bertz CT molecular complexity index is 211. The van der Waals surface area contributed by atoms with Gasteiger partial charge in [0.1, 0.15) is 0 Å². The molecule has 14 heavy (non-hydrogen) atoms. The van der Waals surface area contributed by atoms with E-state index in [1.807, 2.05) is 0 Å². The monoisotopic (exact) mass is 197 g/mol. The summed E-state index contributed by atoms with van der Waals surface area (Å²) >= 11 is 0. The van der Waals surface area contributed by atoms with E-state index in [2.05, 4.69) is 22.3 Å². The SMILES string of the molecule is CN1CCCN=C1NC1CCOCC1. The van der Waals surface area contributed by atoms with Gasteiger partial charge in [0.05, 0.1) is 0 Å². The van der Waals surface area contributed by atoms with Crippen molar-refractivity contribution in [2.75, 3.05) is 33.4 Å². The third-order valence-corrected chi connectivity index (χ3v) is 2.83. The molecule has 80 valence electrons. The predicted octanol–water partition coefficient (Wildman–Crippen LogP) is 0.446. The number of ether oxygens (including phenoxy) is 1. The fourth-order valence-corrected chi connectivity index (χ4v) is 1.90. The number of nitrogens with zero attached hydrogens (tertiary/aromatic N) is 2. The average Bonchev–Trinajstić information content (AvgIpc) is 2.23. The summed E-state index contributed by atoms with van der Waals surface area (Å²) in [7, 11) is 2.10. The van der Waals surface area contributed by atoms with Gasteiger partial charge in [-0.05, 0) is 19.3 Å². The van der Waals surface area contributed by atoms with Crippen molar-refractivity contribution in [3.05, 3.63) is 0 Å². The molecule has 0 aliphatic carbocycles. The smallest absolute Gasteiger partial charge is 0.193 e. The van der Waals surface area contributed by atoms with Crippen molar-refractivity contribution < 1.29 is 4.74 Å². The first-order valence-corrected chi connectivity index (χ1v) is 5.46. The van der Waals surface area contributed by atoms with Gasteiger partial charge < -0.3 is 15.0 Å². The molecule has 0 radical (unpaired) electrons. The Balaban J connectivity index is 1.85. The Morgan fingerprint density at radius 1 is 1.43 bits per heavy atom. The number of rotatable bonds is 1. The van der Waals surface area contributed by atoms with E-state index in [1.54, 1.807) is 0 Å². The normalized spacial score (nSPS) is 24.6. The molecule has 0 atom stereocenters. The summed E-state index contributed by atoms with van der Waals surface area (Å²) in [5.41, 5.74) is 0. The highest BCUT2D eigenvalue weighted by atomic mass is 16.5. The van der Waals surface area contributed by atoms with Gasteiger partial charge >= 0.3 is 0 Å². The lowest BCUT2D eigenvalue weighted by molar-refractivity contribution is 0.0816. The van der Waals surface area contributed by atoms with Gasteiger partial charge in [-0.15, -0.1) is 0 Å². The van der Waals surface area contributed by atoms with E-state index in [0.717, 1.165) is 45.1 Å². The average molecular weight is 197 g/mol. The van der Waals surface area contributed by atoms with Crippen molar-refractivity contribution in [3.63, 3.8) is 0 Å². The van der Waals surface area contributed by atoms with Gasteiger partial charge in [0.15, 0.2) is 5.96 Å². The summed E-state index contributed by atoms with van der Waals surface area (Å²) < 4.78 is 5.32. The number of hydrogen-bond donors (Lipinski definition) is 1. The van der Waals surface area contributed by atoms with Gasteiger partial charge in [0.25, 0.3) is 0 Å². The van der Waals surface area contributed by atoms with Crippen LogP contribution in [-0.4, -0.2) is 50.3 Å². The molecule has 2 aliphatic heterocycles. The van der Waals surface area contributed by atoms with Crippen LogP contribution in [0.4, 0.5) is 0 Å². The highest BCUT2D eigenvalue weighted by Crippen LogP contribution is 2.08. The minimum absolute atomic E-state index is 0.558. The zero-order chi connectivity index (χ0) is 9.80. The van der Waals surface area contributed by atoms with Crippen LogP contribution in [0.5, 0.6) is 0 Å². The van der Waals surface area contributed by atoms with E-state index in [1.165, 1.54) is 6.42 Å². The van der Waals surface area contributed by atoms with Crippen molar-refractivity contribution in [2.24, 2.45) is 4.99 Å². The molecule has 0 spiro atoms. The Morgan fingerprint density at radius 2 is 2.21 bits per heavy atom. The van der Waals surface area contributed by atoms with E-state index < -0.39 is 0 Å². The standard InChI is InChI=1S/C10H19N3O/c1-13-6-2-5-11-10(13)12-9-3-7-14-8-4-9/h9H,2-8H2,1H3,(H,11,12). The maximum atomic E-state index is 5.32. The third kappa shape index (κ3) is 2.38. The quantitative estimate of drug-likeness (QED) is 0.663. The molecular formula is C10H19N3O. The van der Waals surface area contributed by atoms with Crippen LogP contribution in [0.1, 0.15) is 19.3 Å². The van der Waals surface area contributed by atoms with Crippen molar-refractivity contribution in [2.45, 2.75) is 25.3 Å². The zero-order valence-electron chi connectivity index (χ0n) is 8.83. The predicted molar refractivity (Wildman–Crippen MR) is 56.5 cm³/mol. The van der Waals surface area contributed by atoms with Crippen LogP contribution in [0.2, 0.25) is 0 Å². The molecular weight excluding hydrogens is 178 g/mol. The van der Waals surface area contributed by atoms with Crippen molar-refractivity contribution in [1.29, 1.82) is 0 Å². The van der Waals surface area contributed by atoms with Crippen LogP contribution in [0.15, 0.2) is 4.99 Å². The lowest BCUT2D eigenvalue weighted by Gasteiger charge is -2.31. The molecule has 4 nitrogen and oxygen atoms in total. The highest BCUT2D eigenvalue weighted by molar-refractivity contribution is 5.80. The third-order valence-electron chi connectivity index (χ3n) is 2.83. The van der Waals surface area contributed by atoms with E-state index >= 15 is 0 Å². The molecule has 2 aliphatic rings. The van der Waals surface area contributed by atoms with Crippen molar-refractivity contribution in [3.8, 4) is 0 Å². The van der Waals surface area contributed by atoms with Crippen LogP contribution in [0, 0.1) is 0 Å². The molecule has 0 amide bonds. The first-order chi connectivity index (χ1) is 6.86. The van der Waals surface area contributed by atoms with E-state index in [9.17, 15) is 0 Å². The Kier molecular flexibility index (Phi) is 3.24. The molecule has 4 heteroatoms. The summed E-state index contributed by atoms with van der Waals surface area (Å²) in [6.45, 7) is 3.86. The Morgan fingerprint density at radius 3 is 2.93 bits per heavy atom. The van der Waals surface area contributed by atoms with Crippen LogP contribution >= 0.6 is 0 Å². The highest BCUT2D eigenvalue weighted by Gasteiger charge is 2.18. The van der Waals surface area contributed by atoms with Gasteiger partial charge in [-0.3, -0.25) is 4.99 Å². The van der Waals surface area contributed by atoms with Crippen LogP contribution < -0.4 is 5.32 Å². The number of hydrogen-bond acceptors (Lipinski definition) is 4. The number of nitrogens with one attached hydrogen (secondary N) is 1. The summed E-state index contributed by atoms with van der Waals surface area (Å²) in [4.78, 5) is 6.70. The second-order valence-electron chi connectivity index (χ2n) is 4.01. The van der Waals surface area contributed by atoms with Crippen LogP contribution in [0.3, 0.4) is 0 Å². The molecule has 1 fully saturated rings. The molecule has 1 saturated heterocycles. The minimum Gasteiger partial charge on any atom is -0.381 e. The molecule has 0 saturated carbocycles. The Labute approximate surface area is 85.3 Å². The largest absolute Gasteiger partial charge is 0.381 e. The molecule has 2 rings (SSSR count). The maximum absolute atomic E-state index is 5.32. The maximum Gasteiger partial charge on any atom is 0.193 e. The van der Waals surface area contributed by atoms with E-state index in [4.69, 9.17) is 4.74 Å². The molecule has 0 unspecified atom stereocenters. The van der Waals surface area contributed by atoms with Crippen LogP contribution in [-0.2, 0) is 4.74 Å². The lowest BCUT2D eigenvalue weighted by atomic mass is 10.1. The van der Waals surface area contributed by atoms with Gasteiger partial charge in [-0.25, -0.2) is 0 Å². The fourth-order valence-electron chi connectivity index (χ4n) is 1.90. The molecule has 1 N–H and O–H groups in total. The van der Waals surface area contributed by atoms with Gasteiger partial charge in [-0.1, -0.05) is 0 Å². The Hall–Kier alpha value is -0.770.